The van der Waals surface area contributed by atoms with E-state index in [0.29, 0.717) is 5.56 Å². The number of benzene rings is 2. The van der Waals surface area contributed by atoms with Crippen molar-refractivity contribution in [2.45, 2.75) is 11.0 Å². The van der Waals surface area contributed by atoms with Crippen molar-refractivity contribution in [3.63, 3.8) is 0 Å². The number of hydrogen-bond acceptors (Lipinski definition) is 4. The SMILES string of the molecule is COC(=O)c1ccc2c(c1)-c1c(C)cccc1C21SCCS1. The molecule has 1 spiro atoms. The van der Waals surface area contributed by atoms with Crippen LogP contribution in [0.5, 0.6) is 0 Å². The van der Waals surface area contributed by atoms with Gasteiger partial charge >= 0.3 is 5.97 Å². The Kier molecular flexibility index (Phi) is 3.27. The number of carbonyl (C=O) groups excluding carboxylic acids is 1. The summed E-state index contributed by atoms with van der Waals surface area (Å²) < 4.78 is 4.89. The van der Waals surface area contributed by atoms with Crippen molar-refractivity contribution < 1.29 is 9.53 Å². The van der Waals surface area contributed by atoms with Crippen molar-refractivity contribution in [1.29, 1.82) is 0 Å². The number of esters is 1. The largest absolute Gasteiger partial charge is 0.465 e. The lowest BCUT2D eigenvalue weighted by Crippen LogP contribution is -2.12. The van der Waals surface area contributed by atoms with E-state index in [4.69, 9.17) is 4.74 Å². The third-order valence-electron chi connectivity index (χ3n) is 4.39. The summed E-state index contributed by atoms with van der Waals surface area (Å²) >= 11 is 4.03. The van der Waals surface area contributed by atoms with Gasteiger partial charge in [0.05, 0.1) is 12.7 Å². The minimum Gasteiger partial charge on any atom is -0.465 e. The fourth-order valence-corrected chi connectivity index (χ4v) is 6.84. The summed E-state index contributed by atoms with van der Waals surface area (Å²) in [5, 5.41) is 0. The summed E-state index contributed by atoms with van der Waals surface area (Å²) in [5.74, 6) is 2.05. The minimum atomic E-state index is -0.273. The lowest BCUT2D eigenvalue weighted by molar-refractivity contribution is 0.0601. The molecular formula is C18H16O2S2. The first-order valence-corrected chi connectivity index (χ1v) is 9.26. The van der Waals surface area contributed by atoms with E-state index in [2.05, 4.69) is 31.2 Å². The van der Waals surface area contributed by atoms with Gasteiger partial charge in [-0.3, -0.25) is 0 Å². The highest BCUT2D eigenvalue weighted by molar-refractivity contribution is 8.20. The third kappa shape index (κ3) is 1.80. The monoisotopic (exact) mass is 328 g/mol. The molecule has 4 rings (SSSR count). The molecule has 0 N–H and O–H groups in total. The van der Waals surface area contributed by atoms with Crippen LogP contribution in [0.2, 0.25) is 0 Å². The number of rotatable bonds is 1. The average molecular weight is 328 g/mol. The number of hydrogen-bond donors (Lipinski definition) is 0. The molecule has 1 aliphatic heterocycles. The molecule has 0 atom stereocenters. The van der Waals surface area contributed by atoms with Crippen LogP contribution in [0.25, 0.3) is 11.1 Å². The Hall–Kier alpha value is -1.39. The van der Waals surface area contributed by atoms with Gasteiger partial charge in [0.25, 0.3) is 0 Å². The molecule has 0 radical (unpaired) electrons. The smallest absolute Gasteiger partial charge is 0.337 e. The number of ether oxygens (including phenoxy) is 1. The summed E-state index contributed by atoms with van der Waals surface area (Å²) in [7, 11) is 1.43. The van der Waals surface area contributed by atoms with Crippen LogP contribution in [-0.4, -0.2) is 24.6 Å². The highest BCUT2D eigenvalue weighted by Gasteiger charge is 2.47. The quantitative estimate of drug-likeness (QED) is 0.723. The van der Waals surface area contributed by atoms with Crippen molar-refractivity contribution in [3.05, 3.63) is 58.7 Å². The molecule has 0 bridgehead atoms. The van der Waals surface area contributed by atoms with Crippen LogP contribution in [0, 0.1) is 6.92 Å². The Bertz CT molecular complexity index is 777. The summed E-state index contributed by atoms with van der Waals surface area (Å²) in [4.78, 5) is 11.9. The van der Waals surface area contributed by atoms with E-state index in [1.165, 1.54) is 34.9 Å². The maximum atomic E-state index is 11.9. The van der Waals surface area contributed by atoms with E-state index < -0.39 is 0 Å². The lowest BCUT2D eigenvalue weighted by atomic mass is 9.99. The van der Waals surface area contributed by atoms with Crippen LogP contribution in [-0.2, 0) is 8.82 Å². The summed E-state index contributed by atoms with van der Waals surface area (Å²) in [6.45, 7) is 2.15. The van der Waals surface area contributed by atoms with Crippen molar-refractivity contribution in [1.82, 2.24) is 0 Å². The number of aryl methyl sites for hydroxylation is 1. The summed E-state index contributed by atoms with van der Waals surface area (Å²) in [6.07, 6.45) is 0. The highest BCUT2D eigenvalue weighted by atomic mass is 32.2. The Balaban J connectivity index is 2.01. The Morgan fingerprint density at radius 3 is 2.64 bits per heavy atom. The van der Waals surface area contributed by atoms with E-state index in [9.17, 15) is 4.79 Å². The summed E-state index contributed by atoms with van der Waals surface area (Å²) in [6, 6.07) is 12.5. The summed E-state index contributed by atoms with van der Waals surface area (Å²) in [5.41, 5.74) is 7.10. The van der Waals surface area contributed by atoms with Crippen LogP contribution < -0.4 is 0 Å². The Morgan fingerprint density at radius 1 is 1.14 bits per heavy atom. The first kappa shape index (κ1) is 14.2. The molecule has 0 amide bonds. The van der Waals surface area contributed by atoms with Crippen molar-refractivity contribution >= 4 is 29.5 Å². The molecule has 112 valence electrons. The molecule has 0 saturated carbocycles. The topological polar surface area (TPSA) is 26.3 Å². The standard InChI is InChI=1S/C18H16O2S2/c1-11-4-3-5-15-16(11)13-10-12(17(19)20-2)6-7-14(13)18(15)21-8-9-22-18/h3-7,10H,8-9H2,1-2H3. The van der Waals surface area contributed by atoms with Crippen molar-refractivity contribution in [2.24, 2.45) is 0 Å². The van der Waals surface area contributed by atoms with Gasteiger partial charge in [0.1, 0.15) is 4.08 Å². The molecule has 0 unspecified atom stereocenters. The van der Waals surface area contributed by atoms with Crippen LogP contribution in [0.15, 0.2) is 36.4 Å². The lowest BCUT2D eigenvalue weighted by Gasteiger charge is -2.24. The molecule has 4 heteroatoms. The second kappa shape index (κ2) is 5.07. The zero-order valence-electron chi connectivity index (χ0n) is 12.5. The van der Waals surface area contributed by atoms with Gasteiger partial charge in [-0.1, -0.05) is 24.3 Å². The minimum absolute atomic E-state index is 0.00529. The molecule has 2 aromatic carbocycles. The zero-order chi connectivity index (χ0) is 15.3. The molecule has 2 nitrogen and oxygen atoms in total. The number of methoxy groups -OCH3 is 1. The number of thioether (sulfide) groups is 2. The van der Waals surface area contributed by atoms with Crippen LogP contribution in [0.4, 0.5) is 0 Å². The fraction of sp³-hybridized carbons (Fsp3) is 0.278. The fourth-order valence-electron chi connectivity index (χ4n) is 3.45. The predicted molar refractivity (Wildman–Crippen MR) is 93.7 cm³/mol. The Morgan fingerprint density at radius 2 is 1.91 bits per heavy atom. The zero-order valence-corrected chi connectivity index (χ0v) is 14.1. The van der Waals surface area contributed by atoms with Crippen molar-refractivity contribution in [2.75, 3.05) is 18.6 Å². The molecule has 1 saturated heterocycles. The van der Waals surface area contributed by atoms with E-state index in [0.717, 1.165) is 11.5 Å². The molecule has 0 aromatic heterocycles. The average Bonchev–Trinajstić information content (AvgIpc) is 3.13. The molecule has 1 fully saturated rings. The van der Waals surface area contributed by atoms with Crippen LogP contribution >= 0.6 is 23.5 Å². The molecule has 22 heavy (non-hydrogen) atoms. The predicted octanol–water partition coefficient (Wildman–Crippen LogP) is 4.44. The highest BCUT2D eigenvalue weighted by Crippen LogP contribution is 2.64. The van der Waals surface area contributed by atoms with E-state index in [1.54, 1.807) is 0 Å². The van der Waals surface area contributed by atoms with E-state index >= 15 is 0 Å². The number of carbonyl (C=O) groups is 1. The number of fused-ring (bicyclic) bond motifs is 5. The second-order valence-electron chi connectivity index (χ2n) is 5.56. The maximum Gasteiger partial charge on any atom is 0.337 e. The van der Waals surface area contributed by atoms with Gasteiger partial charge in [-0.15, -0.1) is 23.5 Å². The molecule has 1 aliphatic carbocycles. The van der Waals surface area contributed by atoms with Gasteiger partial charge < -0.3 is 4.74 Å². The normalized spacial score (nSPS) is 17.4. The molecule has 2 aliphatic rings. The maximum absolute atomic E-state index is 11.9. The van der Waals surface area contributed by atoms with Gasteiger partial charge in [-0.05, 0) is 46.9 Å². The molecule has 1 heterocycles. The van der Waals surface area contributed by atoms with Crippen molar-refractivity contribution in [3.8, 4) is 11.1 Å². The van der Waals surface area contributed by atoms with E-state index in [1.807, 2.05) is 35.7 Å². The Labute approximate surface area is 138 Å². The molecular weight excluding hydrogens is 312 g/mol. The van der Waals surface area contributed by atoms with E-state index in [-0.39, 0.29) is 10.0 Å². The van der Waals surface area contributed by atoms with Crippen LogP contribution in [0.1, 0.15) is 27.0 Å². The van der Waals surface area contributed by atoms with Gasteiger partial charge in [-0.2, -0.15) is 0 Å². The van der Waals surface area contributed by atoms with Gasteiger partial charge in [0, 0.05) is 11.5 Å². The molecule has 2 aromatic rings. The third-order valence-corrected chi connectivity index (χ3v) is 7.86. The van der Waals surface area contributed by atoms with Gasteiger partial charge in [0.15, 0.2) is 0 Å². The van der Waals surface area contributed by atoms with Gasteiger partial charge in [0.2, 0.25) is 0 Å². The first-order valence-electron chi connectivity index (χ1n) is 7.28. The van der Waals surface area contributed by atoms with Gasteiger partial charge in [-0.25, -0.2) is 4.79 Å². The first-order chi connectivity index (χ1) is 10.7. The van der Waals surface area contributed by atoms with Crippen LogP contribution in [0.3, 0.4) is 0 Å². The second-order valence-corrected chi connectivity index (χ2v) is 8.44.